The summed E-state index contributed by atoms with van der Waals surface area (Å²) in [4.78, 5) is 8.83. The van der Waals surface area contributed by atoms with Crippen molar-refractivity contribution in [3.8, 4) is 17.3 Å². The van der Waals surface area contributed by atoms with E-state index in [2.05, 4.69) is 27.4 Å². The number of rotatable bonds is 4. The maximum absolute atomic E-state index is 5.83. The van der Waals surface area contributed by atoms with Crippen LogP contribution in [0.25, 0.3) is 11.4 Å². The first-order chi connectivity index (χ1) is 10.8. The number of hydrogen-bond donors (Lipinski definition) is 1. The summed E-state index contributed by atoms with van der Waals surface area (Å²) in [6.45, 7) is 3.15. The fraction of sp³-hybridized carbons (Fsp3) is 0.562. The number of nitrogens with zero attached hydrogens (tertiary/aromatic N) is 3. The second kappa shape index (κ2) is 5.68. The molecule has 116 valence electrons. The zero-order valence-electron chi connectivity index (χ0n) is 12.7. The summed E-state index contributed by atoms with van der Waals surface area (Å²) in [5, 5.41) is 7.53. The van der Waals surface area contributed by atoms with Gasteiger partial charge in [-0.15, -0.1) is 0 Å². The molecule has 2 aromatic heterocycles. The third kappa shape index (κ3) is 2.59. The first-order valence-corrected chi connectivity index (χ1v) is 7.99. The van der Waals surface area contributed by atoms with E-state index in [1.807, 2.05) is 12.1 Å². The zero-order chi connectivity index (χ0) is 14.9. The molecular formula is C16H20N4O2. The Bertz CT molecular complexity index is 653. The molecule has 0 aromatic carbocycles. The molecule has 6 heteroatoms. The molecule has 1 saturated carbocycles. The monoisotopic (exact) mass is 300 g/mol. The molecule has 2 aromatic rings. The predicted molar refractivity (Wildman–Crippen MR) is 80.6 cm³/mol. The van der Waals surface area contributed by atoms with E-state index in [0.717, 1.165) is 31.4 Å². The molecule has 2 aliphatic rings. The Labute approximate surface area is 129 Å². The van der Waals surface area contributed by atoms with E-state index in [-0.39, 0.29) is 0 Å². The third-order valence-electron chi connectivity index (χ3n) is 4.62. The van der Waals surface area contributed by atoms with Crippen molar-refractivity contribution in [2.24, 2.45) is 0 Å². The molecule has 2 atom stereocenters. The molecule has 1 aliphatic carbocycles. The van der Waals surface area contributed by atoms with E-state index in [1.165, 1.54) is 6.42 Å². The molecule has 0 bridgehead atoms. The van der Waals surface area contributed by atoms with Gasteiger partial charge in [0, 0.05) is 23.9 Å². The van der Waals surface area contributed by atoms with Gasteiger partial charge in [0.1, 0.15) is 6.10 Å². The van der Waals surface area contributed by atoms with Gasteiger partial charge in [-0.2, -0.15) is 4.98 Å². The summed E-state index contributed by atoms with van der Waals surface area (Å²) in [5.74, 6) is 2.26. The van der Waals surface area contributed by atoms with Crippen LogP contribution in [0.2, 0.25) is 0 Å². The minimum absolute atomic E-state index is 0.300. The highest BCUT2D eigenvalue weighted by atomic mass is 16.5. The molecule has 22 heavy (non-hydrogen) atoms. The van der Waals surface area contributed by atoms with Crippen molar-refractivity contribution < 1.29 is 9.26 Å². The number of pyridine rings is 1. The summed E-state index contributed by atoms with van der Waals surface area (Å²) in [5.41, 5.74) is 0.887. The van der Waals surface area contributed by atoms with Crippen LogP contribution in [0.5, 0.6) is 5.88 Å². The van der Waals surface area contributed by atoms with Crippen molar-refractivity contribution >= 4 is 0 Å². The fourth-order valence-electron chi connectivity index (χ4n) is 2.97. The zero-order valence-corrected chi connectivity index (χ0v) is 12.7. The average Bonchev–Trinajstić information content (AvgIpc) is 3.12. The lowest BCUT2D eigenvalue weighted by Gasteiger charge is -2.25. The first-order valence-electron chi connectivity index (χ1n) is 7.99. The van der Waals surface area contributed by atoms with E-state index >= 15 is 0 Å². The molecule has 2 unspecified atom stereocenters. The molecule has 3 heterocycles. The molecule has 4 rings (SSSR count). The Morgan fingerprint density at radius 3 is 2.95 bits per heavy atom. The molecule has 1 aliphatic heterocycles. The van der Waals surface area contributed by atoms with Crippen LogP contribution in [0.4, 0.5) is 0 Å². The lowest BCUT2D eigenvalue weighted by Crippen LogP contribution is -2.24. The van der Waals surface area contributed by atoms with Crippen LogP contribution < -0.4 is 10.1 Å². The normalized spacial score (nSPS) is 25.1. The molecular weight excluding hydrogens is 280 g/mol. The van der Waals surface area contributed by atoms with Crippen molar-refractivity contribution in [3.63, 3.8) is 0 Å². The van der Waals surface area contributed by atoms with E-state index in [0.29, 0.717) is 35.7 Å². The predicted octanol–water partition coefficient (Wildman–Crippen LogP) is 2.53. The quantitative estimate of drug-likeness (QED) is 0.935. The van der Waals surface area contributed by atoms with Gasteiger partial charge in [0.2, 0.25) is 17.6 Å². The van der Waals surface area contributed by atoms with Gasteiger partial charge in [0.05, 0.1) is 5.92 Å². The summed E-state index contributed by atoms with van der Waals surface area (Å²) in [7, 11) is 0. The summed E-state index contributed by atoms with van der Waals surface area (Å²) in [6, 6.07) is 4.16. The lowest BCUT2D eigenvalue weighted by molar-refractivity contribution is 0.115. The molecule has 0 radical (unpaired) electrons. The Morgan fingerprint density at radius 1 is 1.32 bits per heavy atom. The first kappa shape index (κ1) is 13.7. The minimum Gasteiger partial charge on any atom is -0.474 e. The van der Waals surface area contributed by atoms with Crippen LogP contribution in [-0.4, -0.2) is 33.8 Å². The second-order valence-corrected chi connectivity index (χ2v) is 6.15. The smallest absolute Gasteiger partial charge is 0.231 e. The summed E-state index contributed by atoms with van der Waals surface area (Å²) >= 11 is 0. The van der Waals surface area contributed by atoms with Gasteiger partial charge >= 0.3 is 0 Å². The highest BCUT2D eigenvalue weighted by molar-refractivity contribution is 5.55. The Morgan fingerprint density at radius 2 is 2.23 bits per heavy atom. The third-order valence-corrected chi connectivity index (χ3v) is 4.62. The van der Waals surface area contributed by atoms with Gasteiger partial charge in [-0.25, -0.2) is 4.98 Å². The maximum Gasteiger partial charge on any atom is 0.231 e. The lowest BCUT2D eigenvalue weighted by atomic mass is 9.96. The summed E-state index contributed by atoms with van der Waals surface area (Å²) < 4.78 is 11.3. The fourth-order valence-corrected chi connectivity index (χ4v) is 2.97. The Balaban J connectivity index is 1.54. The Kier molecular flexibility index (Phi) is 3.54. The topological polar surface area (TPSA) is 73.1 Å². The van der Waals surface area contributed by atoms with E-state index in [4.69, 9.17) is 9.26 Å². The Hall–Kier alpha value is -1.95. The molecule has 0 amide bonds. The van der Waals surface area contributed by atoms with Gasteiger partial charge in [-0.1, -0.05) is 5.16 Å². The van der Waals surface area contributed by atoms with Crippen LogP contribution in [0.1, 0.15) is 44.4 Å². The second-order valence-electron chi connectivity index (χ2n) is 6.15. The standard InChI is InChI=1S/C16H20N4O2/c1-10-13(6-8-17-10)16-19-15(20-22-16)11-5-7-18-14(9-11)21-12-3-2-4-12/h5,7,9-10,12-13,17H,2-4,6,8H2,1H3. The maximum atomic E-state index is 5.83. The van der Waals surface area contributed by atoms with Gasteiger partial charge < -0.3 is 14.6 Å². The van der Waals surface area contributed by atoms with Crippen LogP contribution in [-0.2, 0) is 0 Å². The molecule has 2 fully saturated rings. The average molecular weight is 300 g/mol. The van der Waals surface area contributed by atoms with E-state index in [9.17, 15) is 0 Å². The number of ether oxygens (including phenoxy) is 1. The van der Waals surface area contributed by atoms with Crippen molar-refractivity contribution in [2.75, 3.05) is 6.54 Å². The number of nitrogens with one attached hydrogen (secondary N) is 1. The van der Waals surface area contributed by atoms with Crippen LogP contribution in [0.15, 0.2) is 22.9 Å². The molecule has 6 nitrogen and oxygen atoms in total. The van der Waals surface area contributed by atoms with Crippen LogP contribution in [0.3, 0.4) is 0 Å². The van der Waals surface area contributed by atoms with Crippen molar-refractivity contribution in [3.05, 3.63) is 24.2 Å². The van der Waals surface area contributed by atoms with Gasteiger partial charge in [0.25, 0.3) is 0 Å². The van der Waals surface area contributed by atoms with Gasteiger partial charge in [-0.3, -0.25) is 0 Å². The number of hydrogen-bond acceptors (Lipinski definition) is 6. The van der Waals surface area contributed by atoms with E-state index in [1.54, 1.807) is 6.20 Å². The molecule has 1 N–H and O–H groups in total. The van der Waals surface area contributed by atoms with Crippen LogP contribution in [0, 0.1) is 0 Å². The van der Waals surface area contributed by atoms with E-state index < -0.39 is 0 Å². The summed E-state index contributed by atoms with van der Waals surface area (Å²) in [6.07, 6.45) is 6.56. The SMILES string of the molecule is CC1NCCC1c1nc(-c2ccnc(OC3CCC3)c2)no1. The molecule has 1 saturated heterocycles. The minimum atomic E-state index is 0.300. The largest absolute Gasteiger partial charge is 0.474 e. The number of aromatic nitrogens is 3. The van der Waals surface area contributed by atoms with Crippen LogP contribution >= 0.6 is 0 Å². The van der Waals surface area contributed by atoms with Crippen molar-refractivity contribution in [2.45, 2.75) is 50.7 Å². The highest BCUT2D eigenvalue weighted by Crippen LogP contribution is 2.29. The van der Waals surface area contributed by atoms with Gasteiger partial charge in [0.15, 0.2) is 0 Å². The van der Waals surface area contributed by atoms with Crippen molar-refractivity contribution in [1.82, 2.24) is 20.4 Å². The van der Waals surface area contributed by atoms with Crippen molar-refractivity contribution in [1.29, 1.82) is 0 Å². The highest BCUT2D eigenvalue weighted by Gasteiger charge is 2.29. The molecule has 0 spiro atoms. The van der Waals surface area contributed by atoms with Gasteiger partial charge in [-0.05, 0) is 45.2 Å².